The van der Waals surface area contributed by atoms with E-state index in [0.717, 1.165) is 11.8 Å². The summed E-state index contributed by atoms with van der Waals surface area (Å²) in [6.07, 6.45) is 0. The number of carbonyl (C=O) groups is 2. The molecule has 2 amide bonds. The fraction of sp³-hybridized carbons (Fsp3) is 0.300. The minimum Gasteiger partial charge on any atom is -0.493 e. The summed E-state index contributed by atoms with van der Waals surface area (Å²) in [6.45, 7) is -0.125. The van der Waals surface area contributed by atoms with Crippen LogP contribution in [0.15, 0.2) is 47.4 Å². The van der Waals surface area contributed by atoms with Gasteiger partial charge < -0.3 is 20.1 Å². The second kappa shape index (κ2) is 10.2. The first-order chi connectivity index (χ1) is 15.2. The van der Waals surface area contributed by atoms with E-state index in [1.165, 1.54) is 56.7 Å². The number of nitrogens with one attached hydrogen (secondary N) is 3. The summed E-state index contributed by atoms with van der Waals surface area (Å²) in [5, 5.41) is 6.76. The van der Waals surface area contributed by atoms with Crippen molar-refractivity contribution in [1.29, 1.82) is 0 Å². The molecule has 2 aromatic rings. The Bertz CT molecular complexity index is 1100. The highest BCUT2D eigenvalue weighted by Gasteiger charge is 2.39. The summed E-state index contributed by atoms with van der Waals surface area (Å²) >= 11 is 1.09. The summed E-state index contributed by atoms with van der Waals surface area (Å²) < 4.78 is 49.1. The molecule has 1 saturated heterocycles. The highest BCUT2D eigenvalue weighted by Crippen LogP contribution is 2.31. The molecule has 1 aliphatic heterocycles. The molecule has 0 bridgehead atoms. The molecule has 1 aliphatic rings. The highest BCUT2D eigenvalue weighted by molar-refractivity contribution is 8.00. The number of methoxy groups -OCH3 is 2. The third kappa shape index (κ3) is 5.50. The Balaban J connectivity index is 1.58. The van der Waals surface area contributed by atoms with Crippen molar-refractivity contribution in [2.45, 2.75) is 15.6 Å². The van der Waals surface area contributed by atoms with Crippen molar-refractivity contribution in [3.8, 4) is 11.5 Å². The summed E-state index contributed by atoms with van der Waals surface area (Å²) in [6, 6.07) is 9.44. The number of halogens is 1. The lowest BCUT2D eigenvalue weighted by Crippen LogP contribution is -2.59. The van der Waals surface area contributed by atoms with Gasteiger partial charge in [0.2, 0.25) is 11.8 Å². The summed E-state index contributed by atoms with van der Waals surface area (Å²) in [5.41, 5.74) is -0.197. The van der Waals surface area contributed by atoms with Crippen molar-refractivity contribution >= 4 is 39.1 Å². The Labute approximate surface area is 189 Å². The molecule has 32 heavy (non-hydrogen) atoms. The van der Waals surface area contributed by atoms with Gasteiger partial charge in [-0.15, -0.1) is 11.8 Å². The fourth-order valence-electron chi connectivity index (χ4n) is 2.98. The van der Waals surface area contributed by atoms with Crippen molar-refractivity contribution in [1.82, 2.24) is 10.6 Å². The van der Waals surface area contributed by atoms with Crippen molar-refractivity contribution < 1.29 is 31.9 Å². The van der Waals surface area contributed by atoms with Crippen LogP contribution in [0.4, 0.5) is 10.1 Å². The molecule has 3 N–H and O–H groups in total. The van der Waals surface area contributed by atoms with Crippen molar-refractivity contribution in [2.75, 3.05) is 31.8 Å². The van der Waals surface area contributed by atoms with E-state index in [0.29, 0.717) is 11.4 Å². The molecule has 3 rings (SSSR count). The van der Waals surface area contributed by atoms with Crippen LogP contribution in [0.5, 0.6) is 11.5 Å². The molecule has 9 nitrogen and oxygen atoms in total. The minimum absolute atomic E-state index is 0.0115. The zero-order valence-corrected chi connectivity index (χ0v) is 18.9. The Morgan fingerprint density at radius 3 is 2.47 bits per heavy atom. The van der Waals surface area contributed by atoms with Crippen LogP contribution < -0.4 is 25.4 Å². The third-order valence-electron chi connectivity index (χ3n) is 4.62. The number of hydrogen-bond acceptors (Lipinski definition) is 8. The van der Waals surface area contributed by atoms with Crippen LogP contribution in [0.2, 0.25) is 0 Å². The molecule has 12 heteroatoms. The Hall–Kier alpha value is -2.83. The van der Waals surface area contributed by atoms with Gasteiger partial charge in [0, 0.05) is 18.3 Å². The van der Waals surface area contributed by atoms with Crippen LogP contribution in [0, 0.1) is 5.82 Å². The summed E-state index contributed by atoms with van der Waals surface area (Å²) in [5.74, 6) is -0.842. The summed E-state index contributed by atoms with van der Waals surface area (Å²) in [4.78, 5) is 24.5. The molecule has 0 saturated carbocycles. The number of sulfone groups is 1. The van der Waals surface area contributed by atoms with Gasteiger partial charge in [0.25, 0.3) is 0 Å². The molecule has 2 atom stereocenters. The largest absolute Gasteiger partial charge is 0.493 e. The van der Waals surface area contributed by atoms with Gasteiger partial charge >= 0.3 is 0 Å². The molecule has 0 radical (unpaired) electrons. The summed E-state index contributed by atoms with van der Waals surface area (Å²) in [7, 11) is -1.18. The number of rotatable bonds is 8. The van der Waals surface area contributed by atoms with Crippen LogP contribution in [0.25, 0.3) is 0 Å². The Kier molecular flexibility index (Phi) is 7.59. The Morgan fingerprint density at radius 2 is 1.84 bits per heavy atom. The van der Waals surface area contributed by atoms with Gasteiger partial charge in [-0.05, 0) is 36.4 Å². The van der Waals surface area contributed by atoms with Gasteiger partial charge in [0.1, 0.15) is 11.3 Å². The van der Waals surface area contributed by atoms with E-state index in [4.69, 9.17) is 9.47 Å². The molecule has 0 aliphatic carbocycles. The first kappa shape index (κ1) is 23.8. The first-order valence-corrected chi connectivity index (χ1v) is 12.0. The topological polar surface area (TPSA) is 123 Å². The lowest BCUT2D eigenvalue weighted by atomic mass is 10.3. The van der Waals surface area contributed by atoms with E-state index >= 15 is 0 Å². The van der Waals surface area contributed by atoms with E-state index in [1.54, 1.807) is 0 Å². The SMILES string of the molecule is COc1ccc(S(=O)(=O)C2CNC(SCC(=O)Nc3ccc(F)cc3)NC2=O)cc1OC. The third-order valence-corrected chi connectivity index (χ3v) is 7.71. The van der Waals surface area contributed by atoms with Crippen molar-refractivity contribution in [2.24, 2.45) is 0 Å². The lowest BCUT2D eigenvalue weighted by molar-refractivity contribution is -0.122. The molecule has 2 aromatic carbocycles. The number of thioether (sulfide) groups is 1. The first-order valence-electron chi connectivity index (χ1n) is 9.41. The second-order valence-corrected chi connectivity index (χ2v) is 9.94. The minimum atomic E-state index is -4.00. The zero-order valence-electron chi connectivity index (χ0n) is 17.3. The van der Waals surface area contributed by atoms with Crippen LogP contribution in [0.3, 0.4) is 0 Å². The van der Waals surface area contributed by atoms with Gasteiger partial charge in [-0.3, -0.25) is 14.9 Å². The molecular weight excluding hydrogens is 461 g/mol. The second-order valence-electron chi connectivity index (χ2n) is 6.71. The van der Waals surface area contributed by atoms with Gasteiger partial charge in [-0.25, -0.2) is 12.8 Å². The van der Waals surface area contributed by atoms with Crippen LogP contribution >= 0.6 is 11.8 Å². The normalized spacial score (nSPS) is 18.5. The van der Waals surface area contributed by atoms with Crippen molar-refractivity contribution in [3.05, 3.63) is 48.3 Å². The lowest BCUT2D eigenvalue weighted by Gasteiger charge is -2.29. The van der Waals surface area contributed by atoms with Crippen molar-refractivity contribution in [3.63, 3.8) is 0 Å². The number of amides is 2. The molecular formula is C20H22FN3O6S2. The highest BCUT2D eigenvalue weighted by atomic mass is 32.2. The number of anilines is 1. The maximum Gasteiger partial charge on any atom is 0.241 e. The zero-order chi connectivity index (χ0) is 23.3. The quantitative estimate of drug-likeness (QED) is 0.515. The van der Waals surface area contributed by atoms with E-state index in [9.17, 15) is 22.4 Å². The average Bonchev–Trinajstić information content (AvgIpc) is 2.78. The maximum absolute atomic E-state index is 13.0. The molecule has 2 unspecified atom stereocenters. The maximum atomic E-state index is 13.0. The van der Waals surface area contributed by atoms with Crippen LogP contribution in [-0.4, -0.2) is 57.5 Å². The van der Waals surface area contributed by atoms with Crippen LogP contribution in [0.1, 0.15) is 0 Å². The van der Waals surface area contributed by atoms with Gasteiger partial charge in [-0.2, -0.15) is 0 Å². The average molecular weight is 484 g/mol. The number of benzene rings is 2. The predicted molar refractivity (Wildman–Crippen MR) is 118 cm³/mol. The molecule has 1 heterocycles. The van der Waals surface area contributed by atoms with E-state index in [1.807, 2.05) is 0 Å². The standard InChI is InChI=1S/C20H22FN3O6S2/c1-29-15-8-7-14(9-16(15)30-2)32(27,28)17-10-22-20(24-19(17)26)31-11-18(25)23-13-5-3-12(21)4-6-13/h3-9,17,20,22H,10-11H2,1-2H3,(H,23,25)(H,24,26). The van der Waals surface area contributed by atoms with Gasteiger partial charge in [0.15, 0.2) is 26.6 Å². The predicted octanol–water partition coefficient (Wildman–Crippen LogP) is 1.36. The number of carbonyl (C=O) groups excluding carboxylic acids is 2. The van der Waals surface area contributed by atoms with E-state index in [2.05, 4.69) is 16.0 Å². The molecule has 1 fully saturated rings. The van der Waals surface area contributed by atoms with E-state index < -0.39 is 32.3 Å². The Morgan fingerprint density at radius 1 is 1.16 bits per heavy atom. The fourth-order valence-corrected chi connectivity index (χ4v) is 5.31. The van der Waals surface area contributed by atoms with Crippen LogP contribution in [-0.2, 0) is 19.4 Å². The van der Waals surface area contributed by atoms with Gasteiger partial charge in [0.05, 0.1) is 24.9 Å². The monoisotopic (exact) mass is 483 g/mol. The van der Waals surface area contributed by atoms with E-state index in [-0.39, 0.29) is 28.8 Å². The molecule has 0 aromatic heterocycles. The molecule has 172 valence electrons. The smallest absolute Gasteiger partial charge is 0.241 e. The van der Waals surface area contributed by atoms with Gasteiger partial charge in [-0.1, -0.05) is 0 Å². The molecule has 0 spiro atoms. The number of hydrogen-bond donors (Lipinski definition) is 3. The number of ether oxygens (including phenoxy) is 2.